The van der Waals surface area contributed by atoms with Crippen LogP contribution in [0.25, 0.3) is 0 Å². The lowest BCUT2D eigenvalue weighted by molar-refractivity contribution is 0.549. The van der Waals surface area contributed by atoms with Crippen LogP contribution in [0.4, 0.5) is 0 Å². The van der Waals surface area contributed by atoms with Crippen molar-refractivity contribution in [3.8, 4) is 0 Å². The molecule has 17 heavy (non-hydrogen) atoms. The average Bonchev–Trinajstić information content (AvgIpc) is 2.75. The molecule has 1 aromatic carbocycles. The van der Waals surface area contributed by atoms with Gasteiger partial charge in [0.05, 0.1) is 5.69 Å². The molecule has 0 saturated heterocycles. The molecule has 0 saturated carbocycles. The molecule has 0 aliphatic heterocycles. The highest BCUT2D eigenvalue weighted by atomic mass is 15.4. The van der Waals surface area contributed by atoms with Crippen LogP contribution in [0.1, 0.15) is 11.3 Å². The summed E-state index contributed by atoms with van der Waals surface area (Å²) in [4.78, 5) is 0. The summed E-state index contributed by atoms with van der Waals surface area (Å²) in [5.74, 6) is 0. The van der Waals surface area contributed by atoms with Crippen LogP contribution in [0.2, 0.25) is 0 Å². The molecule has 0 amide bonds. The zero-order chi connectivity index (χ0) is 12.1. The fraction of sp³-hybridized carbons (Fsp3) is 0.385. The molecule has 1 atom stereocenters. The Labute approximate surface area is 102 Å². The van der Waals surface area contributed by atoms with E-state index in [0.29, 0.717) is 6.04 Å². The largest absolute Gasteiger partial charge is 0.316 e. The van der Waals surface area contributed by atoms with E-state index in [-0.39, 0.29) is 0 Å². The van der Waals surface area contributed by atoms with Crippen LogP contribution in [-0.2, 0) is 19.9 Å². The van der Waals surface area contributed by atoms with Crippen molar-refractivity contribution in [2.75, 3.05) is 7.05 Å². The average molecular weight is 230 g/mol. The van der Waals surface area contributed by atoms with Crippen molar-refractivity contribution in [1.29, 1.82) is 0 Å². The van der Waals surface area contributed by atoms with E-state index in [1.54, 1.807) is 4.68 Å². The fourth-order valence-corrected chi connectivity index (χ4v) is 1.92. The van der Waals surface area contributed by atoms with Gasteiger partial charge in [0.25, 0.3) is 0 Å². The molecular formula is C13H18N4. The second kappa shape index (κ2) is 5.59. The third-order valence-electron chi connectivity index (χ3n) is 2.84. The third-order valence-corrected chi connectivity index (χ3v) is 2.84. The minimum atomic E-state index is 0.397. The van der Waals surface area contributed by atoms with Gasteiger partial charge in [-0.2, -0.15) is 0 Å². The molecular weight excluding hydrogens is 212 g/mol. The van der Waals surface area contributed by atoms with Crippen molar-refractivity contribution < 1.29 is 0 Å². The molecule has 2 aromatic rings. The maximum absolute atomic E-state index is 4.12. The SMILES string of the molecule is CNC(Cc1ccccc1)Cc1cn(C)nn1. The van der Waals surface area contributed by atoms with E-state index in [1.807, 2.05) is 26.4 Å². The van der Waals surface area contributed by atoms with Crippen molar-refractivity contribution >= 4 is 0 Å². The van der Waals surface area contributed by atoms with Crippen LogP contribution in [0.5, 0.6) is 0 Å². The molecule has 4 heteroatoms. The van der Waals surface area contributed by atoms with E-state index < -0.39 is 0 Å². The van der Waals surface area contributed by atoms with Gasteiger partial charge in [-0.05, 0) is 19.0 Å². The maximum atomic E-state index is 4.12. The summed E-state index contributed by atoms with van der Waals surface area (Å²) in [5, 5.41) is 11.4. The first-order valence-electron chi connectivity index (χ1n) is 5.84. The van der Waals surface area contributed by atoms with E-state index in [2.05, 4.69) is 39.9 Å². The van der Waals surface area contributed by atoms with Gasteiger partial charge in [-0.15, -0.1) is 5.10 Å². The zero-order valence-corrected chi connectivity index (χ0v) is 10.3. The Balaban J connectivity index is 1.98. The number of nitrogens with zero attached hydrogens (tertiary/aromatic N) is 3. The highest BCUT2D eigenvalue weighted by molar-refractivity contribution is 5.16. The number of aromatic nitrogens is 3. The standard InChI is InChI=1S/C13H18N4/c1-14-12(8-11-6-4-3-5-7-11)9-13-10-17(2)16-15-13/h3-7,10,12,14H,8-9H2,1-2H3. The Morgan fingerprint density at radius 2 is 2.00 bits per heavy atom. The van der Waals surface area contributed by atoms with Crippen molar-refractivity contribution in [2.45, 2.75) is 18.9 Å². The quantitative estimate of drug-likeness (QED) is 0.839. The Kier molecular flexibility index (Phi) is 3.88. The summed E-state index contributed by atoms with van der Waals surface area (Å²) in [7, 11) is 3.88. The highest BCUT2D eigenvalue weighted by Crippen LogP contribution is 2.06. The lowest BCUT2D eigenvalue weighted by atomic mass is 10.0. The fourth-order valence-electron chi connectivity index (χ4n) is 1.92. The molecule has 1 aromatic heterocycles. The van der Waals surface area contributed by atoms with E-state index >= 15 is 0 Å². The first-order valence-corrected chi connectivity index (χ1v) is 5.84. The lowest BCUT2D eigenvalue weighted by Crippen LogP contribution is -2.30. The van der Waals surface area contributed by atoms with Gasteiger partial charge in [0, 0.05) is 25.7 Å². The Morgan fingerprint density at radius 3 is 2.59 bits per heavy atom. The normalized spacial score (nSPS) is 12.6. The van der Waals surface area contributed by atoms with Crippen LogP contribution < -0.4 is 5.32 Å². The second-order valence-electron chi connectivity index (χ2n) is 4.26. The number of rotatable bonds is 5. The number of nitrogens with one attached hydrogen (secondary N) is 1. The van der Waals surface area contributed by atoms with Crippen LogP contribution in [-0.4, -0.2) is 28.1 Å². The van der Waals surface area contributed by atoms with Gasteiger partial charge < -0.3 is 5.32 Å². The predicted molar refractivity (Wildman–Crippen MR) is 67.7 cm³/mol. The van der Waals surface area contributed by atoms with Gasteiger partial charge in [0.1, 0.15) is 0 Å². The molecule has 90 valence electrons. The second-order valence-corrected chi connectivity index (χ2v) is 4.26. The van der Waals surface area contributed by atoms with Crippen molar-refractivity contribution in [2.24, 2.45) is 7.05 Å². The summed E-state index contributed by atoms with van der Waals surface area (Å²) < 4.78 is 1.74. The summed E-state index contributed by atoms with van der Waals surface area (Å²) in [6, 6.07) is 10.9. The zero-order valence-electron chi connectivity index (χ0n) is 10.3. The van der Waals surface area contributed by atoms with Crippen LogP contribution >= 0.6 is 0 Å². The Morgan fingerprint density at radius 1 is 1.24 bits per heavy atom. The van der Waals surface area contributed by atoms with Crippen LogP contribution in [0, 0.1) is 0 Å². The van der Waals surface area contributed by atoms with E-state index in [0.717, 1.165) is 18.5 Å². The maximum Gasteiger partial charge on any atom is 0.0842 e. The van der Waals surface area contributed by atoms with E-state index in [9.17, 15) is 0 Å². The smallest absolute Gasteiger partial charge is 0.0842 e. The van der Waals surface area contributed by atoms with E-state index in [4.69, 9.17) is 0 Å². The predicted octanol–water partition coefficient (Wildman–Crippen LogP) is 1.19. The van der Waals surface area contributed by atoms with Crippen LogP contribution in [0.3, 0.4) is 0 Å². The third kappa shape index (κ3) is 3.39. The number of likely N-dealkylation sites (N-methyl/N-ethyl adjacent to an activating group) is 1. The minimum Gasteiger partial charge on any atom is -0.316 e. The number of aryl methyl sites for hydroxylation is 1. The number of hydrogen-bond acceptors (Lipinski definition) is 3. The molecule has 1 N–H and O–H groups in total. The number of benzene rings is 1. The van der Waals surface area contributed by atoms with Crippen molar-refractivity contribution in [3.63, 3.8) is 0 Å². The molecule has 0 fully saturated rings. The van der Waals surface area contributed by atoms with E-state index in [1.165, 1.54) is 5.56 Å². The lowest BCUT2D eigenvalue weighted by Gasteiger charge is -2.14. The Hall–Kier alpha value is -1.68. The molecule has 0 aliphatic rings. The van der Waals surface area contributed by atoms with Gasteiger partial charge in [-0.3, -0.25) is 4.68 Å². The number of hydrogen-bond donors (Lipinski definition) is 1. The van der Waals surface area contributed by atoms with Gasteiger partial charge >= 0.3 is 0 Å². The van der Waals surface area contributed by atoms with Crippen LogP contribution in [0.15, 0.2) is 36.5 Å². The van der Waals surface area contributed by atoms with Gasteiger partial charge in [0.2, 0.25) is 0 Å². The minimum absolute atomic E-state index is 0.397. The molecule has 1 heterocycles. The molecule has 4 nitrogen and oxygen atoms in total. The molecule has 0 spiro atoms. The first-order chi connectivity index (χ1) is 8.28. The summed E-state index contributed by atoms with van der Waals surface area (Å²) >= 11 is 0. The summed E-state index contributed by atoms with van der Waals surface area (Å²) in [6.07, 6.45) is 3.88. The molecule has 1 unspecified atom stereocenters. The molecule has 0 aliphatic carbocycles. The topological polar surface area (TPSA) is 42.7 Å². The highest BCUT2D eigenvalue weighted by Gasteiger charge is 2.10. The van der Waals surface area contributed by atoms with Crippen molar-refractivity contribution in [1.82, 2.24) is 20.3 Å². The summed E-state index contributed by atoms with van der Waals surface area (Å²) in [6.45, 7) is 0. The monoisotopic (exact) mass is 230 g/mol. The molecule has 0 radical (unpaired) electrons. The van der Waals surface area contributed by atoms with Gasteiger partial charge in [0.15, 0.2) is 0 Å². The molecule has 2 rings (SSSR count). The molecule has 0 bridgehead atoms. The Bertz CT molecular complexity index is 449. The van der Waals surface area contributed by atoms with Gasteiger partial charge in [-0.1, -0.05) is 35.5 Å². The summed E-state index contributed by atoms with van der Waals surface area (Å²) in [5.41, 5.74) is 2.37. The van der Waals surface area contributed by atoms with Gasteiger partial charge in [-0.25, -0.2) is 0 Å². The van der Waals surface area contributed by atoms with Crippen molar-refractivity contribution in [3.05, 3.63) is 47.8 Å². The first kappa shape index (κ1) is 11.8.